The maximum absolute atomic E-state index is 11.6. The number of ether oxygens (including phenoxy) is 2. The number of amides is 1. The van der Waals surface area contributed by atoms with Gasteiger partial charge in [0, 0.05) is 13.0 Å². The second kappa shape index (κ2) is 6.78. The molecule has 0 heterocycles. The lowest BCUT2D eigenvalue weighted by atomic mass is 9.86. The zero-order chi connectivity index (χ0) is 14.5. The van der Waals surface area contributed by atoms with Gasteiger partial charge in [0.2, 0.25) is 0 Å². The van der Waals surface area contributed by atoms with Crippen molar-refractivity contribution in [2.45, 2.75) is 65.0 Å². The fourth-order valence-electron chi connectivity index (χ4n) is 2.18. The third-order valence-corrected chi connectivity index (χ3v) is 3.09. The Morgan fingerprint density at radius 2 is 1.74 bits per heavy atom. The molecule has 19 heavy (non-hydrogen) atoms. The van der Waals surface area contributed by atoms with Crippen molar-refractivity contribution >= 4 is 12.1 Å². The van der Waals surface area contributed by atoms with E-state index in [0.29, 0.717) is 12.5 Å². The van der Waals surface area contributed by atoms with Crippen LogP contribution < -0.4 is 5.32 Å². The highest BCUT2D eigenvalue weighted by atomic mass is 16.6. The van der Waals surface area contributed by atoms with Gasteiger partial charge in [-0.3, -0.25) is 4.79 Å². The lowest BCUT2D eigenvalue weighted by Crippen LogP contribution is -2.41. The first-order chi connectivity index (χ1) is 8.76. The largest absolute Gasteiger partial charge is 0.466 e. The van der Waals surface area contributed by atoms with E-state index in [1.165, 1.54) is 6.92 Å². The van der Waals surface area contributed by atoms with E-state index in [2.05, 4.69) is 5.32 Å². The summed E-state index contributed by atoms with van der Waals surface area (Å²) in [6.45, 7) is 7.47. The molecule has 0 atom stereocenters. The molecule has 0 aromatic rings. The van der Waals surface area contributed by atoms with Gasteiger partial charge in [0.25, 0.3) is 0 Å². The van der Waals surface area contributed by atoms with E-state index in [9.17, 15) is 9.59 Å². The van der Waals surface area contributed by atoms with Crippen molar-refractivity contribution in [1.82, 2.24) is 5.32 Å². The Bertz CT molecular complexity index is 314. The Hall–Kier alpha value is -1.26. The minimum Gasteiger partial charge on any atom is -0.466 e. The molecule has 0 saturated heterocycles. The molecule has 1 amide bonds. The SMILES string of the molecule is CC(=O)OCC1CCC(NC(=O)OC(C)(C)C)CC1. The predicted octanol–water partition coefficient (Wildman–Crippen LogP) is 2.63. The maximum atomic E-state index is 11.6. The van der Waals surface area contributed by atoms with Gasteiger partial charge < -0.3 is 14.8 Å². The molecule has 1 rings (SSSR count). The molecule has 1 aliphatic rings. The molecule has 0 aliphatic heterocycles. The smallest absolute Gasteiger partial charge is 0.407 e. The molecule has 1 fully saturated rings. The molecular weight excluding hydrogens is 246 g/mol. The number of alkyl carbamates (subject to hydrolysis) is 1. The number of carbonyl (C=O) groups excluding carboxylic acids is 2. The summed E-state index contributed by atoms with van der Waals surface area (Å²) in [5, 5.41) is 2.89. The second-order valence-electron chi connectivity index (χ2n) is 6.17. The van der Waals surface area contributed by atoms with E-state index < -0.39 is 5.60 Å². The van der Waals surface area contributed by atoms with Crippen LogP contribution in [0.5, 0.6) is 0 Å². The van der Waals surface area contributed by atoms with Crippen LogP contribution in [0.1, 0.15) is 53.4 Å². The number of nitrogens with one attached hydrogen (secondary N) is 1. The highest BCUT2D eigenvalue weighted by Crippen LogP contribution is 2.24. The van der Waals surface area contributed by atoms with Crippen LogP contribution in [0, 0.1) is 5.92 Å². The first-order valence-corrected chi connectivity index (χ1v) is 6.89. The molecule has 0 unspecified atom stereocenters. The summed E-state index contributed by atoms with van der Waals surface area (Å²) in [5.41, 5.74) is -0.462. The van der Waals surface area contributed by atoms with E-state index in [1.54, 1.807) is 0 Å². The van der Waals surface area contributed by atoms with Gasteiger partial charge in [0.1, 0.15) is 5.60 Å². The topological polar surface area (TPSA) is 64.6 Å². The van der Waals surface area contributed by atoms with Crippen LogP contribution in [-0.4, -0.2) is 30.3 Å². The Balaban J connectivity index is 2.23. The second-order valence-corrected chi connectivity index (χ2v) is 6.17. The molecule has 1 N–H and O–H groups in total. The number of carbonyl (C=O) groups is 2. The van der Waals surface area contributed by atoms with Crippen LogP contribution in [0.2, 0.25) is 0 Å². The zero-order valence-corrected chi connectivity index (χ0v) is 12.3. The fourth-order valence-corrected chi connectivity index (χ4v) is 2.18. The molecular formula is C14H25NO4. The maximum Gasteiger partial charge on any atom is 0.407 e. The lowest BCUT2D eigenvalue weighted by molar-refractivity contribution is -0.142. The number of hydrogen-bond donors (Lipinski definition) is 1. The van der Waals surface area contributed by atoms with Crippen LogP contribution in [0.25, 0.3) is 0 Å². The summed E-state index contributed by atoms with van der Waals surface area (Å²) < 4.78 is 10.2. The minimum absolute atomic E-state index is 0.170. The quantitative estimate of drug-likeness (QED) is 0.801. The summed E-state index contributed by atoms with van der Waals surface area (Å²) in [5.74, 6) is 0.189. The molecule has 5 nitrogen and oxygen atoms in total. The van der Waals surface area contributed by atoms with E-state index in [4.69, 9.17) is 9.47 Å². The normalized spacial score (nSPS) is 23.6. The average Bonchev–Trinajstić information content (AvgIpc) is 2.25. The molecule has 0 aromatic carbocycles. The summed E-state index contributed by atoms with van der Waals surface area (Å²) in [6.07, 6.45) is 3.40. The molecule has 0 radical (unpaired) electrons. The zero-order valence-electron chi connectivity index (χ0n) is 12.3. The predicted molar refractivity (Wildman–Crippen MR) is 71.7 cm³/mol. The summed E-state index contributed by atoms with van der Waals surface area (Å²) in [4.78, 5) is 22.4. The molecule has 0 aromatic heterocycles. The molecule has 5 heteroatoms. The van der Waals surface area contributed by atoms with Crippen molar-refractivity contribution in [3.05, 3.63) is 0 Å². The summed E-state index contributed by atoms with van der Waals surface area (Å²) >= 11 is 0. The molecule has 1 aliphatic carbocycles. The van der Waals surface area contributed by atoms with E-state index in [0.717, 1.165) is 25.7 Å². The van der Waals surface area contributed by atoms with Crippen LogP contribution >= 0.6 is 0 Å². The van der Waals surface area contributed by atoms with Gasteiger partial charge in [-0.15, -0.1) is 0 Å². The highest BCUT2D eigenvalue weighted by Gasteiger charge is 2.25. The molecule has 110 valence electrons. The number of hydrogen-bond acceptors (Lipinski definition) is 4. The standard InChI is InChI=1S/C14H25NO4/c1-10(16)18-9-11-5-7-12(8-6-11)15-13(17)19-14(2,3)4/h11-12H,5-9H2,1-4H3,(H,15,17). The van der Waals surface area contributed by atoms with E-state index in [-0.39, 0.29) is 18.1 Å². The van der Waals surface area contributed by atoms with Crippen LogP contribution in [0.3, 0.4) is 0 Å². The Kier molecular flexibility index (Phi) is 5.63. The van der Waals surface area contributed by atoms with Crippen LogP contribution in [0.4, 0.5) is 4.79 Å². The fraction of sp³-hybridized carbons (Fsp3) is 0.857. The van der Waals surface area contributed by atoms with Crippen molar-refractivity contribution in [2.75, 3.05) is 6.61 Å². The average molecular weight is 271 g/mol. The van der Waals surface area contributed by atoms with E-state index in [1.807, 2.05) is 20.8 Å². The lowest BCUT2D eigenvalue weighted by Gasteiger charge is -2.29. The van der Waals surface area contributed by atoms with Crippen LogP contribution in [-0.2, 0) is 14.3 Å². The number of rotatable bonds is 3. The van der Waals surface area contributed by atoms with Gasteiger partial charge in [0.15, 0.2) is 0 Å². The van der Waals surface area contributed by atoms with Crippen LogP contribution in [0.15, 0.2) is 0 Å². The van der Waals surface area contributed by atoms with Crippen molar-refractivity contribution in [1.29, 1.82) is 0 Å². The Morgan fingerprint density at radius 3 is 2.21 bits per heavy atom. The van der Waals surface area contributed by atoms with Gasteiger partial charge in [-0.05, 0) is 52.4 Å². The molecule has 0 bridgehead atoms. The van der Waals surface area contributed by atoms with Gasteiger partial charge >= 0.3 is 12.1 Å². The molecule has 1 saturated carbocycles. The van der Waals surface area contributed by atoms with Gasteiger partial charge in [-0.1, -0.05) is 0 Å². The minimum atomic E-state index is -0.462. The molecule has 0 spiro atoms. The summed E-state index contributed by atoms with van der Waals surface area (Å²) in [6, 6.07) is 0.170. The van der Waals surface area contributed by atoms with Crippen molar-refractivity contribution in [3.63, 3.8) is 0 Å². The monoisotopic (exact) mass is 271 g/mol. The first kappa shape index (κ1) is 15.8. The first-order valence-electron chi connectivity index (χ1n) is 6.89. The van der Waals surface area contributed by atoms with Crippen molar-refractivity contribution < 1.29 is 19.1 Å². The highest BCUT2D eigenvalue weighted by molar-refractivity contribution is 5.68. The van der Waals surface area contributed by atoms with Gasteiger partial charge in [-0.2, -0.15) is 0 Å². The number of esters is 1. The third-order valence-electron chi connectivity index (χ3n) is 3.09. The van der Waals surface area contributed by atoms with E-state index >= 15 is 0 Å². The van der Waals surface area contributed by atoms with Gasteiger partial charge in [0.05, 0.1) is 6.61 Å². The summed E-state index contributed by atoms with van der Waals surface area (Å²) in [7, 11) is 0. The van der Waals surface area contributed by atoms with Crippen molar-refractivity contribution in [2.24, 2.45) is 5.92 Å². The Morgan fingerprint density at radius 1 is 1.16 bits per heavy atom. The Labute approximate surface area is 115 Å². The third kappa shape index (κ3) is 7.03. The van der Waals surface area contributed by atoms with Crippen molar-refractivity contribution in [3.8, 4) is 0 Å². The van der Waals surface area contributed by atoms with Gasteiger partial charge in [-0.25, -0.2) is 4.79 Å².